The van der Waals surface area contributed by atoms with Gasteiger partial charge in [-0.25, -0.2) is 13.4 Å². The van der Waals surface area contributed by atoms with E-state index in [0.717, 1.165) is 25.7 Å². The van der Waals surface area contributed by atoms with Crippen LogP contribution in [0.4, 0.5) is 5.82 Å². The van der Waals surface area contributed by atoms with Crippen molar-refractivity contribution in [3.05, 3.63) is 11.6 Å². The molecule has 0 bridgehead atoms. The standard InChI is InChI=1S/C19H29ClN5O9PS/c1-2-36(31,32)8-12(35(28,29)30)33-7-11-14(26)15(27)18(34-11)25-9-21-13-16(22-10-5-3-4-6-10)23-19(20)24-17(13)25/h9-12,14-15,18,26-27H,2-8H2,1H3,(H,22,23,24)(H2,28,29,30)/t11-,12?,14-,15-,18-/m1/s1. The molecule has 0 radical (unpaired) electrons. The number of nitrogens with one attached hydrogen (secondary N) is 1. The highest BCUT2D eigenvalue weighted by Crippen LogP contribution is 2.43. The van der Waals surface area contributed by atoms with Crippen LogP contribution in [0.15, 0.2) is 6.33 Å². The summed E-state index contributed by atoms with van der Waals surface area (Å²) < 4.78 is 47.8. The highest BCUT2D eigenvalue weighted by atomic mass is 35.5. The van der Waals surface area contributed by atoms with Crippen LogP contribution < -0.4 is 5.32 Å². The number of rotatable bonds is 10. The lowest BCUT2D eigenvalue weighted by atomic mass is 10.1. The number of halogens is 1. The number of imidazole rings is 1. The van der Waals surface area contributed by atoms with Crippen molar-refractivity contribution in [3.8, 4) is 0 Å². The summed E-state index contributed by atoms with van der Waals surface area (Å²) in [7, 11) is -8.73. The van der Waals surface area contributed by atoms with Gasteiger partial charge in [0.15, 0.2) is 38.9 Å². The van der Waals surface area contributed by atoms with Crippen LogP contribution in [-0.2, 0) is 23.9 Å². The fourth-order valence-electron chi connectivity index (χ4n) is 4.32. The lowest BCUT2D eigenvalue weighted by Gasteiger charge is -2.22. The summed E-state index contributed by atoms with van der Waals surface area (Å²) in [5.41, 5.74) is 0.637. The normalized spacial score (nSPS) is 26.6. The number of fused-ring (bicyclic) bond motifs is 1. The number of aliphatic hydroxyl groups is 2. The average Bonchev–Trinajstić information content (AvgIpc) is 3.52. The first-order chi connectivity index (χ1) is 16.9. The third-order valence-electron chi connectivity index (χ3n) is 6.37. The lowest BCUT2D eigenvalue weighted by Crippen LogP contribution is -2.36. The number of aromatic nitrogens is 4. The minimum atomic E-state index is -4.95. The average molecular weight is 570 g/mol. The first kappa shape index (κ1) is 27.6. The number of anilines is 1. The summed E-state index contributed by atoms with van der Waals surface area (Å²) in [6.07, 6.45) is 0.117. The van der Waals surface area contributed by atoms with Crippen molar-refractivity contribution in [2.45, 2.75) is 69.0 Å². The molecule has 4 rings (SSSR count). The summed E-state index contributed by atoms with van der Waals surface area (Å²) in [5, 5.41) is 24.4. The molecule has 1 saturated heterocycles. The van der Waals surface area contributed by atoms with E-state index in [2.05, 4.69) is 20.3 Å². The van der Waals surface area contributed by atoms with Gasteiger partial charge in [-0.1, -0.05) is 19.8 Å². The molecule has 2 fully saturated rings. The van der Waals surface area contributed by atoms with E-state index < -0.39 is 60.2 Å². The highest BCUT2D eigenvalue weighted by Gasteiger charge is 2.46. The monoisotopic (exact) mass is 569 g/mol. The second kappa shape index (κ2) is 10.8. The molecule has 202 valence electrons. The highest BCUT2D eigenvalue weighted by molar-refractivity contribution is 7.91. The summed E-state index contributed by atoms with van der Waals surface area (Å²) in [6, 6.07) is 0.222. The number of ether oxygens (including phenoxy) is 2. The van der Waals surface area contributed by atoms with Crippen LogP contribution in [0.3, 0.4) is 0 Å². The fraction of sp³-hybridized carbons (Fsp3) is 0.737. The van der Waals surface area contributed by atoms with Gasteiger partial charge in [0.2, 0.25) is 5.28 Å². The van der Waals surface area contributed by atoms with E-state index in [9.17, 15) is 33.0 Å². The van der Waals surface area contributed by atoms with Crippen LogP contribution in [-0.4, -0.2) is 96.2 Å². The van der Waals surface area contributed by atoms with Crippen LogP contribution in [0.2, 0.25) is 5.28 Å². The molecule has 17 heteroatoms. The Labute approximate surface area is 212 Å². The van der Waals surface area contributed by atoms with Crippen molar-refractivity contribution in [1.29, 1.82) is 0 Å². The maximum Gasteiger partial charge on any atom is 0.355 e. The zero-order valence-corrected chi connectivity index (χ0v) is 21.8. The number of aliphatic hydroxyl groups excluding tert-OH is 2. The van der Waals surface area contributed by atoms with Crippen LogP contribution in [0.5, 0.6) is 0 Å². The Morgan fingerprint density at radius 3 is 2.61 bits per heavy atom. The maximum absolute atomic E-state index is 11.9. The zero-order valence-electron chi connectivity index (χ0n) is 19.3. The summed E-state index contributed by atoms with van der Waals surface area (Å²) >= 11 is 6.13. The largest absolute Gasteiger partial charge is 0.387 e. The Kier molecular flexibility index (Phi) is 8.25. The lowest BCUT2D eigenvalue weighted by molar-refractivity contribution is -0.0700. The van der Waals surface area contributed by atoms with Gasteiger partial charge >= 0.3 is 7.60 Å². The molecule has 0 spiro atoms. The van der Waals surface area contributed by atoms with Gasteiger partial charge in [-0.2, -0.15) is 9.97 Å². The van der Waals surface area contributed by atoms with E-state index in [1.54, 1.807) is 0 Å². The molecule has 0 aromatic carbocycles. The van der Waals surface area contributed by atoms with E-state index >= 15 is 0 Å². The minimum Gasteiger partial charge on any atom is -0.387 e. The van der Waals surface area contributed by atoms with E-state index in [0.29, 0.717) is 11.3 Å². The molecule has 2 aromatic heterocycles. The van der Waals surface area contributed by atoms with E-state index in [4.69, 9.17) is 21.1 Å². The molecule has 3 heterocycles. The number of hydrogen-bond donors (Lipinski definition) is 5. The smallest absolute Gasteiger partial charge is 0.355 e. The molecular weight excluding hydrogens is 541 g/mol. The fourth-order valence-corrected chi connectivity index (χ4v) is 6.99. The van der Waals surface area contributed by atoms with Gasteiger partial charge in [-0.15, -0.1) is 0 Å². The SMILES string of the molecule is CCS(=O)(=O)CC(OC[C@H]1O[C@@H](n2cnc3c(NC4CCCC4)nc(Cl)nc32)[C@H](O)[C@@H]1O)P(=O)(O)O. The number of nitrogens with zero attached hydrogens (tertiary/aromatic N) is 4. The van der Waals surface area contributed by atoms with Crippen LogP contribution in [0, 0.1) is 0 Å². The third kappa shape index (κ3) is 6.00. The Morgan fingerprint density at radius 1 is 1.28 bits per heavy atom. The van der Waals surface area contributed by atoms with Gasteiger partial charge in [0.05, 0.1) is 18.7 Å². The minimum absolute atomic E-state index is 0.0562. The first-order valence-corrected chi connectivity index (χ1v) is 15.3. The Morgan fingerprint density at radius 2 is 1.97 bits per heavy atom. The van der Waals surface area contributed by atoms with Crippen molar-refractivity contribution < 1.29 is 42.5 Å². The Hall–Kier alpha value is -1.42. The van der Waals surface area contributed by atoms with Crippen LogP contribution in [0.1, 0.15) is 38.8 Å². The van der Waals surface area contributed by atoms with Crippen LogP contribution >= 0.6 is 19.2 Å². The second-order valence-electron chi connectivity index (χ2n) is 8.91. The summed E-state index contributed by atoms with van der Waals surface area (Å²) in [5.74, 6) is -2.74. The molecule has 5 N–H and O–H groups in total. The summed E-state index contributed by atoms with van der Waals surface area (Å²) in [4.78, 5) is 31.8. The molecule has 1 aliphatic carbocycles. The summed E-state index contributed by atoms with van der Waals surface area (Å²) in [6.45, 7) is 0.761. The Balaban J connectivity index is 1.52. The topological polar surface area (TPSA) is 206 Å². The molecule has 0 amide bonds. The van der Waals surface area contributed by atoms with Crippen molar-refractivity contribution in [1.82, 2.24) is 19.5 Å². The van der Waals surface area contributed by atoms with Gasteiger partial charge in [-0.3, -0.25) is 9.13 Å². The van der Waals surface area contributed by atoms with Crippen molar-refractivity contribution in [2.24, 2.45) is 0 Å². The van der Waals surface area contributed by atoms with Gasteiger partial charge in [0.1, 0.15) is 18.3 Å². The molecule has 5 atom stereocenters. The van der Waals surface area contributed by atoms with Gasteiger partial charge in [0.25, 0.3) is 0 Å². The predicted molar refractivity (Wildman–Crippen MR) is 128 cm³/mol. The van der Waals surface area contributed by atoms with Crippen molar-refractivity contribution in [3.63, 3.8) is 0 Å². The van der Waals surface area contributed by atoms with Crippen molar-refractivity contribution in [2.75, 3.05) is 23.4 Å². The number of hydrogen-bond acceptors (Lipinski definition) is 11. The van der Waals surface area contributed by atoms with Crippen molar-refractivity contribution >= 4 is 46.0 Å². The van der Waals surface area contributed by atoms with E-state index in [-0.39, 0.29) is 22.7 Å². The molecule has 1 unspecified atom stereocenters. The van der Waals surface area contributed by atoms with Gasteiger partial charge in [-0.05, 0) is 24.4 Å². The molecule has 2 aromatic rings. The molecular formula is C19H29ClN5O9PS. The maximum atomic E-state index is 11.9. The molecule has 2 aliphatic rings. The molecule has 14 nitrogen and oxygen atoms in total. The first-order valence-electron chi connectivity index (χ1n) is 11.4. The predicted octanol–water partition coefficient (Wildman–Crippen LogP) is 0.408. The van der Waals surface area contributed by atoms with Gasteiger partial charge < -0.3 is 34.8 Å². The molecule has 1 aliphatic heterocycles. The molecule has 36 heavy (non-hydrogen) atoms. The quantitative estimate of drug-likeness (QED) is 0.194. The van der Waals surface area contributed by atoms with Crippen LogP contribution in [0.25, 0.3) is 11.2 Å². The van der Waals surface area contributed by atoms with Gasteiger partial charge in [0, 0.05) is 11.8 Å². The van der Waals surface area contributed by atoms with E-state index in [1.165, 1.54) is 17.8 Å². The zero-order chi connectivity index (χ0) is 26.3. The second-order valence-corrected chi connectivity index (χ2v) is 13.4. The third-order valence-corrected chi connectivity index (χ3v) is 9.55. The van der Waals surface area contributed by atoms with E-state index in [1.807, 2.05) is 0 Å². The molecule has 1 saturated carbocycles. The Bertz CT molecular complexity index is 1240. The number of sulfone groups is 1.